The Labute approximate surface area is 231 Å². The Hall–Kier alpha value is -3.08. The Balaban J connectivity index is 1.17. The molecule has 39 heavy (non-hydrogen) atoms. The average molecular weight is 537 g/mol. The second-order valence-corrected chi connectivity index (χ2v) is 11.0. The summed E-state index contributed by atoms with van der Waals surface area (Å²) in [4.78, 5) is 16.2. The van der Waals surface area contributed by atoms with Gasteiger partial charge in [0.2, 0.25) is 5.95 Å². The highest BCUT2D eigenvalue weighted by Crippen LogP contribution is 2.29. The molecule has 4 heterocycles. The molecule has 1 aromatic carbocycles. The summed E-state index contributed by atoms with van der Waals surface area (Å²) in [6, 6.07) is 6.11. The van der Waals surface area contributed by atoms with Gasteiger partial charge in [0.25, 0.3) is 0 Å². The lowest BCUT2D eigenvalue weighted by molar-refractivity contribution is 0.0319. The van der Waals surface area contributed by atoms with E-state index in [4.69, 9.17) is 9.72 Å². The number of nitrogens with one attached hydrogen (secondary N) is 1. The second-order valence-electron chi connectivity index (χ2n) is 11.0. The summed E-state index contributed by atoms with van der Waals surface area (Å²) >= 11 is 0. The Morgan fingerprint density at radius 3 is 2.59 bits per heavy atom. The normalized spacial score (nSPS) is 17.4. The van der Waals surface area contributed by atoms with Gasteiger partial charge in [-0.05, 0) is 64.4 Å². The van der Waals surface area contributed by atoms with Crippen molar-refractivity contribution >= 4 is 17.3 Å². The molecule has 1 N–H and O–H groups in total. The highest BCUT2D eigenvalue weighted by Gasteiger charge is 2.24. The summed E-state index contributed by atoms with van der Waals surface area (Å²) in [5.74, 6) is 0.200. The Morgan fingerprint density at radius 2 is 1.90 bits per heavy atom. The molecule has 0 atom stereocenters. The van der Waals surface area contributed by atoms with Crippen LogP contribution < -0.4 is 10.2 Å². The van der Waals surface area contributed by atoms with Crippen molar-refractivity contribution in [3.63, 3.8) is 0 Å². The first kappa shape index (κ1) is 27.5. The van der Waals surface area contributed by atoms with Gasteiger partial charge < -0.3 is 19.9 Å². The van der Waals surface area contributed by atoms with E-state index >= 15 is 4.39 Å². The van der Waals surface area contributed by atoms with Crippen molar-refractivity contribution in [1.82, 2.24) is 29.5 Å². The zero-order valence-electron chi connectivity index (χ0n) is 23.6. The molecule has 2 saturated heterocycles. The largest absolute Gasteiger partial charge is 0.379 e. The van der Waals surface area contributed by atoms with Gasteiger partial charge in [-0.1, -0.05) is 0 Å². The summed E-state index contributed by atoms with van der Waals surface area (Å²) in [6.07, 6.45) is 7.66. The number of anilines is 3. The minimum absolute atomic E-state index is 0.232. The molecule has 210 valence electrons. The lowest BCUT2D eigenvalue weighted by atomic mass is 10.0. The lowest BCUT2D eigenvalue weighted by Crippen LogP contribution is -2.47. The number of benzene rings is 1. The maximum absolute atomic E-state index is 15.2. The van der Waals surface area contributed by atoms with Crippen LogP contribution in [0, 0.1) is 12.7 Å². The zero-order valence-corrected chi connectivity index (χ0v) is 23.6. The topological polar surface area (TPSA) is 74.6 Å². The molecule has 2 aliphatic heterocycles. The molecule has 0 unspecified atom stereocenters. The van der Waals surface area contributed by atoms with Crippen molar-refractivity contribution in [1.29, 1.82) is 0 Å². The minimum Gasteiger partial charge on any atom is -0.379 e. The maximum Gasteiger partial charge on any atom is 0.227 e. The van der Waals surface area contributed by atoms with Gasteiger partial charge in [0, 0.05) is 75.0 Å². The molecule has 3 aromatic rings. The quantitative estimate of drug-likeness (QED) is 0.433. The van der Waals surface area contributed by atoms with E-state index in [2.05, 4.69) is 51.0 Å². The molecule has 0 radical (unpaired) electrons. The highest BCUT2D eigenvalue weighted by molar-refractivity contribution is 5.65. The third-order valence-corrected chi connectivity index (χ3v) is 7.88. The van der Waals surface area contributed by atoms with Gasteiger partial charge in [-0.2, -0.15) is 5.10 Å². The summed E-state index contributed by atoms with van der Waals surface area (Å²) in [5, 5.41) is 7.61. The standard InChI is InChI=1S/C29H41FN8O/c1-21(2)38-20-23(19-32-38)28-22(3)18-31-29(34-28)33-24-5-6-27(26(30)17-24)37-9-7-25(8-10-37)35(4)11-12-36-13-15-39-16-14-36/h5-6,17-21,25H,7-16H2,1-4H3,(H,31,33,34). The zero-order chi connectivity index (χ0) is 27.4. The molecular weight excluding hydrogens is 495 g/mol. The summed E-state index contributed by atoms with van der Waals surface area (Å²) in [7, 11) is 2.22. The first-order valence-electron chi connectivity index (χ1n) is 14.1. The van der Waals surface area contributed by atoms with Gasteiger partial charge in [0.05, 0.1) is 30.8 Å². The molecule has 0 saturated carbocycles. The van der Waals surface area contributed by atoms with Gasteiger partial charge in [0.1, 0.15) is 5.82 Å². The van der Waals surface area contributed by atoms with E-state index in [-0.39, 0.29) is 11.9 Å². The third-order valence-electron chi connectivity index (χ3n) is 7.88. The van der Waals surface area contributed by atoms with Crippen LogP contribution in [0.2, 0.25) is 0 Å². The SMILES string of the molecule is Cc1cnc(Nc2ccc(N3CCC(N(C)CCN4CCOCC4)CC3)c(F)c2)nc1-c1cnn(C(C)C)c1. The number of piperidine rings is 1. The number of rotatable bonds is 9. The number of aromatic nitrogens is 4. The molecule has 0 aliphatic carbocycles. The molecular formula is C29H41FN8O. The smallest absolute Gasteiger partial charge is 0.227 e. The number of morpholine rings is 1. The van der Waals surface area contributed by atoms with Gasteiger partial charge in [-0.25, -0.2) is 14.4 Å². The molecule has 5 rings (SSSR count). The fourth-order valence-electron chi connectivity index (χ4n) is 5.36. The monoisotopic (exact) mass is 536 g/mol. The number of nitrogens with zero attached hydrogens (tertiary/aromatic N) is 7. The Bertz CT molecular complexity index is 1230. The van der Waals surface area contributed by atoms with E-state index in [0.717, 1.165) is 82.1 Å². The van der Waals surface area contributed by atoms with Crippen LogP contribution in [0.1, 0.15) is 38.3 Å². The Morgan fingerprint density at radius 1 is 1.13 bits per heavy atom. The van der Waals surface area contributed by atoms with Crippen LogP contribution in [0.5, 0.6) is 0 Å². The van der Waals surface area contributed by atoms with Crippen molar-refractivity contribution in [2.24, 2.45) is 0 Å². The van der Waals surface area contributed by atoms with Crippen molar-refractivity contribution in [3.8, 4) is 11.3 Å². The first-order valence-corrected chi connectivity index (χ1v) is 14.1. The van der Waals surface area contributed by atoms with Crippen LogP contribution in [0.15, 0.2) is 36.8 Å². The number of halogens is 1. The number of hydrogen-bond acceptors (Lipinski definition) is 8. The maximum atomic E-state index is 15.2. The van der Waals surface area contributed by atoms with Crippen LogP contribution in [0.4, 0.5) is 21.7 Å². The van der Waals surface area contributed by atoms with E-state index in [9.17, 15) is 0 Å². The molecule has 9 nitrogen and oxygen atoms in total. The van der Waals surface area contributed by atoms with Crippen LogP contribution in [0.25, 0.3) is 11.3 Å². The number of ether oxygens (including phenoxy) is 1. The van der Waals surface area contributed by atoms with Crippen LogP contribution >= 0.6 is 0 Å². The lowest BCUT2D eigenvalue weighted by Gasteiger charge is -2.39. The van der Waals surface area contributed by atoms with E-state index in [0.29, 0.717) is 23.4 Å². The van der Waals surface area contributed by atoms with Crippen molar-refractivity contribution in [2.45, 2.75) is 45.7 Å². The van der Waals surface area contributed by atoms with Crippen LogP contribution in [-0.4, -0.2) is 95.1 Å². The molecule has 0 spiro atoms. The van der Waals surface area contributed by atoms with Gasteiger partial charge in [-0.15, -0.1) is 0 Å². The molecule has 0 amide bonds. The molecule has 0 bridgehead atoms. The number of likely N-dealkylation sites (N-methyl/N-ethyl adjacent to an activating group) is 1. The third kappa shape index (κ3) is 6.74. The Kier molecular flexibility index (Phi) is 8.74. The number of hydrogen-bond donors (Lipinski definition) is 1. The highest BCUT2D eigenvalue weighted by atomic mass is 19.1. The van der Waals surface area contributed by atoms with Crippen molar-refractivity contribution < 1.29 is 9.13 Å². The second kappa shape index (κ2) is 12.4. The van der Waals surface area contributed by atoms with Gasteiger partial charge >= 0.3 is 0 Å². The minimum atomic E-state index is -0.232. The fourth-order valence-corrected chi connectivity index (χ4v) is 5.36. The summed E-state index contributed by atoms with van der Waals surface area (Å²) < 4.78 is 22.6. The predicted octanol–water partition coefficient (Wildman–Crippen LogP) is 4.34. The predicted molar refractivity (Wildman–Crippen MR) is 153 cm³/mol. The van der Waals surface area contributed by atoms with Crippen LogP contribution in [-0.2, 0) is 4.74 Å². The molecule has 10 heteroatoms. The van der Waals surface area contributed by atoms with E-state index in [1.54, 1.807) is 6.20 Å². The first-order chi connectivity index (χ1) is 18.9. The summed E-state index contributed by atoms with van der Waals surface area (Å²) in [5.41, 5.74) is 3.99. The summed E-state index contributed by atoms with van der Waals surface area (Å²) in [6.45, 7) is 13.7. The van der Waals surface area contributed by atoms with E-state index < -0.39 is 0 Å². The molecule has 2 fully saturated rings. The number of aryl methyl sites for hydroxylation is 1. The van der Waals surface area contributed by atoms with E-state index in [1.165, 1.54) is 6.07 Å². The van der Waals surface area contributed by atoms with Crippen LogP contribution in [0.3, 0.4) is 0 Å². The fraction of sp³-hybridized carbons (Fsp3) is 0.552. The van der Waals surface area contributed by atoms with E-state index in [1.807, 2.05) is 36.1 Å². The van der Waals surface area contributed by atoms with Gasteiger partial charge in [0.15, 0.2) is 0 Å². The molecule has 2 aromatic heterocycles. The van der Waals surface area contributed by atoms with Crippen molar-refractivity contribution in [2.75, 3.05) is 69.7 Å². The van der Waals surface area contributed by atoms with Gasteiger partial charge in [-0.3, -0.25) is 9.58 Å². The average Bonchev–Trinajstić information content (AvgIpc) is 3.44. The molecule has 2 aliphatic rings. The van der Waals surface area contributed by atoms with Crippen molar-refractivity contribution in [3.05, 3.63) is 48.2 Å².